The van der Waals surface area contributed by atoms with Gasteiger partial charge in [0.05, 0.1) is 18.6 Å². The van der Waals surface area contributed by atoms with Gasteiger partial charge in [-0.05, 0) is 43.0 Å². The molecule has 1 aromatic heterocycles. The molecule has 1 fully saturated rings. The Morgan fingerprint density at radius 2 is 2.04 bits per heavy atom. The molecule has 1 aliphatic rings. The third kappa shape index (κ3) is 4.72. The van der Waals surface area contributed by atoms with Gasteiger partial charge in [0.25, 0.3) is 0 Å². The molecule has 0 atom stereocenters. The van der Waals surface area contributed by atoms with E-state index >= 15 is 0 Å². The minimum atomic E-state index is 0.190. The van der Waals surface area contributed by atoms with Crippen molar-refractivity contribution >= 4 is 17.7 Å². The maximum absolute atomic E-state index is 12.3. The molecular weight excluding hydrogens is 334 g/mol. The highest BCUT2D eigenvalue weighted by Gasteiger charge is 2.20. The number of carbonyl (C=O) groups excluding carboxylic acids is 1. The van der Waals surface area contributed by atoms with E-state index in [1.807, 2.05) is 41.3 Å². The number of thioether (sulfide) groups is 1. The zero-order valence-electron chi connectivity index (χ0n) is 14.6. The van der Waals surface area contributed by atoms with Crippen molar-refractivity contribution in [1.82, 2.24) is 15.1 Å². The number of ether oxygens (including phenoxy) is 1. The Morgan fingerprint density at radius 1 is 1.24 bits per heavy atom. The Hall–Kier alpha value is -2.08. The zero-order valence-corrected chi connectivity index (χ0v) is 15.5. The van der Waals surface area contributed by atoms with Gasteiger partial charge in [0.1, 0.15) is 10.8 Å². The summed E-state index contributed by atoms with van der Waals surface area (Å²) in [4.78, 5) is 14.2. The fraction of sp³-hybridized carbons (Fsp3) is 0.421. The Bertz CT molecular complexity index is 713. The molecule has 0 radical (unpaired) electrons. The quantitative estimate of drug-likeness (QED) is 0.767. The number of amides is 1. The summed E-state index contributed by atoms with van der Waals surface area (Å²) >= 11 is 1.45. The van der Waals surface area contributed by atoms with E-state index in [4.69, 9.17) is 4.74 Å². The fourth-order valence-corrected chi connectivity index (χ4v) is 3.54. The van der Waals surface area contributed by atoms with Crippen LogP contribution in [0, 0.1) is 5.92 Å². The van der Waals surface area contributed by atoms with Crippen LogP contribution in [0.4, 0.5) is 0 Å². The highest BCUT2D eigenvalue weighted by Crippen LogP contribution is 2.24. The molecule has 1 aromatic carbocycles. The highest BCUT2D eigenvalue weighted by molar-refractivity contribution is 7.99. The van der Waals surface area contributed by atoms with Crippen LogP contribution in [0.2, 0.25) is 0 Å². The average molecular weight is 357 g/mol. The van der Waals surface area contributed by atoms with Crippen LogP contribution >= 0.6 is 11.8 Å². The van der Waals surface area contributed by atoms with Gasteiger partial charge in [-0.25, -0.2) is 0 Å². The monoisotopic (exact) mass is 357 g/mol. The van der Waals surface area contributed by atoms with E-state index in [-0.39, 0.29) is 5.91 Å². The Kier molecular flexibility index (Phi) is 5.91. The first-order valence-corrected chi connectivity index (χ1v) is 9.53. The van der Waals surface area contributed by atoms with Gasteiger partial charge in [-0.15, -0.1) is 10.2 Å². The number of methoxy groups -OCH3 is 1. The van der Waals surface area contributed by atoms with E-state index in [9.17, 15) is 4.79 Å². The third-order valence-corrected chi connectivity index (χ3v) is 5.39. The van der Waals surface area contributed by atoms with Gasteiger partial charge < -0.3 is 9.64 Å². The Labute approximate surface area is 152 Å². The van der Waals surface area contributed by atoms with Crippen molar-refractivity contribution in [3.05, 3.63) is 36.4 Å². The van der Waals surface area contributed by atoms with Crippen molar-refractivity contribution in [2.24, 2.45) is 5.92 Å². The second kappa shape index (κ2) is 8.34. The lowest BCUT2D eigenvalue weighted by molar-refractivity contribution is -0.129. The smallest absolute Gasteiger partial charge is 0.232 e. The number of aromatic nitrogens is 2. The van der Waals surface area contributed by atoms with Crippen molar-refractivity contribution in [2.75, 3.05) is 26.0 Å². The number of benzene rings is 1. The molecule has 132 valence electrons. The molecule has 5 nitrogen and oxygen atoms in total. The summed E-state index contributed by atoms with van der Waals surface area (Å²) in [5.74, 6) is 2.13. The molecule has 0 N–H and O–H groups in total. The van der Waals surface area contributed by atoms with Crippen LogP contribution in [0.1, 0.15) is 19.8 Å². The SMILES string of the molecule is COc1cccc(-c2ccc(SCC(=O)N3CCC(C)CC3)nn2)c1. The van der Waals surface area contributed by atoms with Gasteiger partial charge in [0.2, 0.25) is 5.91 Å². The third-order valence-electron chi connectivity index (χ3n) is 4.49. The minimum absolute atomic E-state index is 0.190. The zero-order chi connectivity index (χ0) is 17.6. The predicted octanol–water partition coefficient (Wildman–Crippen LogP) is 3.50. The molecule has 0 unspecified atom stereocenters. The summed E-state index contributed by atoms with van der Waals surface area (Å²) < 4.78 is 5.23. The summed E-state index contributed by atoms with van der Waals surface area (Å²) in [6, 6.07) is 11.6. The molecule has 2 aromatic rings. The molecule has 1 amide bonds. The van der Waals surface area contributed by atoms with Crippen LogP contribution in [0.15, 0.2) is 41.4 Å². The number of likely N-dealkylation sites (tertiary alicyclic amines) is 1. The molecule has 0 aliphatic carbocycles. The molecule has 6 heteroatoms. The van der Waals surface area contributed by atoms with E-state index in [1.54, 1.807) is 7.11 Å². The lowest BCUT2D eigenvalue weighted by Crippen LogP contribution is -2.38. The van der Waals surface area contributed by atoms with Crippen LogP contribution < -0.4 is 4.74 Å². The number of hydrogen-bond acceptors (Lipinski definition) is 5. The first-order chi connectivity index (χ1) is 12.2. The van der Waals surface area contributed by atoms with Gasteiger partial charge in [-0.2, -0.15) is 0 Å². The van der Waals surface area contributed by atoms with Gasteiger partial charge >= 0.3 is 0 Å². The second-order valence-electron chi connectivity index (χ2n) is 6.34. The summed E-state index contributed by atoms with van der Waals surface area (Å²) in [5, 5.41) is 9.28. The normalized spacial score (nSPS) is 15.2. The summed E-state index contributed by atoms with van der Waals surface area (Å²) in [7, 11) is 1.64. The van der Waals surface area contributed by atoms with Gasteiger partial charge in [-0.1, -0.05) is 30.8 Å². The van der Waals surface area contributed by atoms with E-state index in [0.717, 1.165) is 53.9 Å². The van der Waals surface area contributed by atoms with Gasteiger partial charge in [-0.3, -0.25) is 4.79 Å². The number of piperidine rings is 1. The van der Waals surface area contributed by atoms with E-state index in [1.165, 1.54) is 11.8 Å². The van der Waals surface area contributed by atoms with Crippen LogP contribution in [-0.2, 0) is 4.79 Å². The van der Waals surface area contributed by atoms with E-state index < -0.39 is 0 Å². The lowest BCUT2D eigenvalue weighted by Gasteiger charge is -2.30. The Balaban J connectivity index is 1.56. The standard InChI is InChI=1S/C19H23N3O2S/c1-14-8-10-22(11-9-14)19(23)13-25-18-7-6-17(20-21-18)15-4-3-5-16(12-15)24-2/h3-7,12,14H,8-11,13H2,1-2H3. The van der Waals surface area contributed by atoms with E-state index in [2.05, 4.69) is 17.1 Å². The van der Waals surface area contributed by atoms with Crippen molar-refractivity contribution in [3.8, 4) is 17.0 Å². The number of nitrogens with zero attached hydrogens (tertiary/aromatic N) is 3. The van der Waals surface area contributed by atoms with Crippen LogP contribution in [0.3, 0.4) is 0 Å². The van der Waals surface area contributed by atoms with Gasteiger partial charge in [0.15, 0.2) is 0 Å². The maximum Gasteiger partial charge on any atom is 0.232 e. The molecular formula is C19H23N3O2S. The molecule has 25 heavy (non-hydrogen) atoms. The Morgan fingerprint density at radius 3 is 2.72 bits per heavy atom. The molecule has 1 saturated heterocycles. The van der Waals surface area contributed by atoms with Crippen LogP contribution in [-0.4, -0.2) is 47.0 Å². The van der Waals surface area contributed by atoms with Crippen molar-refractivity contribution < 1.29 is 9.53 Å². The number of hydrogen-bond donors (Lipinski definition) is 0. The van der Waals surface area contributed by atoms with E-state index in [0.29, 0.717) is 5.75 Å². The van der Waals surface area contributed by atoms with Gasteiger partial charge in [0, 0.05) is 18.7 Å². The topological polar surface area (TPSA) is 55.3 Å². The first-order valence-electron chi connectivity index (χ1n) is 8.54. The average Bonchev–Trinajstić information content (AvgIpc) is 2.67. The molecule has 3 rings (SSSR count). The second-order valence-corrected chi connectivity index (χ2v) is 7.34. The molecule has 1 aliphatic heterocycles. The number of rotatable bonds is 5. The first kappa shape index (κ1) is 17.7. The fourth-order valence-electron chi connectivity index (χ4n) is 2.82. The largest absolute Gasteiger partial charge is 0.497 e. The summed E-state index contributed by atoms with van der Waals surface area (Å²) in [5.41, 5.74) is 1.75. The van der Waals surface area contributed by atoms with Crippen molar-refractivity contribution in [3.63, 3.8) is 0 Å². The maximum atomic E-state index is 12.3. The number of carbonyl (C=O) groups is 1. The summed E-state index contributed by atoms with van der Waals surface area (Å²) in [6.07, 6.45) is 2.21. The van der Waals surface area contributed by atoms with Crippen LogP contribution in [0.25, 0.3) is 11.3 Å². The highest BCUT2D eigenvalue weighted by atomic mass is 32.2. The molecule has 0 bridgehead atoms. The molecule has 2 heterocycles. The lowest BCUT2D eigenvalue weighted by atomic mass is 9.99. The molecule has 0 saturated carbocycles. The van der Waals surface area contributed by atoms with Crippen molar-refractivity contribution in [1.29, 1.82) is 0 Å². The predicted molar refractivity (Wildman–Crippen MR) is 99.7 cm³/mol. The van der Waals surface area contributed by atoms with Crippen molar-refractivity contribution in [2.45, 2.75) is 24.8 Å². The molecule has 0 spiro atoms. The minimum Gasteiger partial charge on any atom is -0.497 e. The summed E-state index contributed by atoms with van der Waals surface area (Å²) in [6.45, 7) is 4.00. The van der Waals surface area contributed by atoms with Crippen LogP contribution in [0.5, 0.6) is 5.75 Å².